The molecule has 0 aliphatic rings. The van der Waals surface area contributed by atoms with Crippen molar-refractivity contribution in [2.24, 2.45) is 4.99 Å². The molecule has 3 aromatic heterocycles. The lowest BCUT2D eigenvalue weighted by atomic mass is 10.1. The third kappa shape index (κ3) is 3.71. The van der Waals surface area contributed by atoms with Crippen LogP contribution in [0.4, 0.5) is 0 Å². The molecule has 31 heavy (non-hydrogen) atoms. The molecule has 0 radical (unpaired) electrons. The third-order valence-corrected chi connectivity index (χ3v) is 6.03. The van der Waals surface area contributed by atoms with Crippen LogP contribution in [0.1, 0.15) is 18.1 Å². The number of nitrogens with one attached hydrogen (secondary N) is 1. The number of para-hydroxylation sites is 1. The maximum Gasteiger partial charge on any atom is 0.283 e. The Kier molecular flexibility index (Phi) is 5.01. The van der Waals surface area contributed by atoms with Gasteiger partial charge in [-0.1, -0.05) is 59.9 Å². The van der Waals surface area contributed by atoms with Crippen molar-refractivity contribution in [3.05, 3.63) is 101 Å². The molecular formula is C24H19N5OS. The third-order valence-electron chi connectivity index (χ3n) is 5.01. The summed E-state index contributed by atoms with van der Waals surface area (Å²) in [5.74, 6) is 0. The standard InChI is InChI=1S/C24H19N5OS/c1-16(26-15-17-8-7-13-25-14-17)21-22(18-9-3-2-4-10-18)28-29(23(21)30)24-27-19-11-5-6-12-20(19)31-24/h2-14,28H,15H2,1H3. The number of nitrogens with zero attached hydrogens (tertiary/aromatic N) is 4. The maximum absolute atomic E-state index is 13.5. The quantitative estimate of drug-likeness (QED) is 0.409. The average Bonchev–Trinajstić information content (AvgIpc) is 3.39. The molecule has 3 heterocycles. The van der Waals surface area contributed by atoms with E-state index in [1.54, 1.807) is 12.4 Å². The number of rotatable bonds is 5. The normalized spacial score (nSPS) is 11.8. The van der Waals surface area contributed by atoms with E-state index in [2.05, 4.69) is 20.1 Å². The highest BCUT2D eigenvalue weighted by molar-refractivity contribution is 7.20. The molecule has 152 valence electrons. The summed E-state index contributed by atoms with van der Waals surface area (Å²) in [6.45, 7) is 2.33. The number of pyridine rings is 1. The van der Waals surface area contributed by atoms with Gasteiger partial charge in [0.05, 0.1) is 28.0 Å². The van der Waals surface area contributed by atoms with E-state index >= 15 is 0 Å². The van der Waals surface area contributed by atoms with Crippen molar-refractivity contribution in [2.75, 3.05) is 0 Å². The second-order valence-corrected chi connectivity index (χ2v) is 8.10. The minimum atomic E-state index is -0.162. The fourth-order valence-corrected chi connectivity index (χ4v) is 4.38. The molecule has 5 rings (SSSR count). The summed E-state index contributed by atoms with van der Waals surface area (Å²) in [7, 11) is 0. The van der Waals surface area contributed by atoms with Gasteiger partial charge in [0.2, 0.25) is 5.13 Å². The number of aromatic nitrogens is 4. The second-order valence-electron chi connectivity index (χ2n) is 7.10. The van der Waals surface area contributed by atoms with Crippen LogP contribution in [0.25, 0.3) is 26.6 Å². The lowest BCUT2D eigenvalue weighted by Crippen LogP contribution is -2.19. The van der Waals surface area contributed by atoms with E-state index < -0.39 is 0 Å². The Labute approximate surface area is 182 Å². The van der Waals surface area contributed by atoms with E-state index in [0.717, 1.165) is 27.0 Å². The largest absolute Gasteiger partial charge is 0.288 e. The van der Waals surface area contributed by atoms with E-state index in [9.17, 15) is 4.79 Å². The fraction of sp³-hybridized carbons (Fsp3) is 0.0833. The first-order valence-electron chi connectivity index (χ1n) is 9.87. The Morgan fingerprint density at radius 2 is 1.87 bits per heavy atom. The maximum atomic E-state index is 13.5. The van der Waals surface area contributed by atoms with Gasteiger partial charge in [-0.05, 0) is 30.7 Å². The van der Waals surface area contributed by atoms with Crippen LogP contribution in [0, 0.1) is 0 Å². The van der Waals surface area contributed by atoms with Gasteiger partial charge in [0.1, 0.15) is 0 Å². The summed E-state index contributed by atoms with van der Waals surface area (Å²) in [6, 6.07) is 21.5. The van der Waals surface area contributed by atoms with Crippen LogP contribution in [-0.4, -0.2) is 25.5 Å². The molecule has 0 aliphatic heterocycles. The molecule has 0 bridgehead atoms. The van der Waals surface area contributed by atoms with E-state index in [1.807, 2.05) is 73.7 Å². The van der Waals surface area contributed by atoms with E-state index in [4.69, 9.17) is 0 Å². The SMILES string of the molecule is CC(=NCc1cccnc1)c1c(-c2ccccc2)[nH]n(-c2nc3ccccc3s2)c1=O. The molecule has 0 saturated carbocycles. The van der Waals surface area contributed by atoms with Gasteiger partial charge in [-0.15, -0.1) is 0 Å². The van der Waals surface area contributed by atoms with Crippen molar-refractivity contribution >= 4 is 27.3 Å². The highest BCUT2D eigenvalue weighted by Crippen LogP contribution is 2.26. The number of aromatic amines is 1. The molecule has 0 atom stereocenters. The fourth-order valence-electron chi connectivity index (χ4n) is 3.46. The van der Waals surface area contributed by atoms with Gasteiger partial charge in [-0.3, -0.25) is 19.9 Å². The van der Waals surface area contributed by atoms with Crippen LogP contribution in [0.2, 0.25) is 0 Å². The topological polar surface area (TPSA) is 75.9 Å². The van der Waals surface area contributed by atoms with Crippen molar-refractivity contribution in [2.45, 2.75) is 13.5 Å². The zero-order chi connectivity index (χ0) is 21.2. The lowest BCUT2D eigenvalue weighted by molar-refractivity contribution is 0.845. The molecule has 0 amide bonds. The minimum absolute atomic E-state index is 0.162. The number of hydrogen-bond acceptors (Lipinski definition) is 5. The Morgan fingerprint density at radius 3 is 2.65 bits per heavy atom. The molecule has 5 aromatic rings. The number of benzene rings is 2. The number of aliphatic imine (C=N–C) groups is 1. The molecule has 0 saturated heterocycles. The van der Waals surface area contributed by atoms with Crippen LogP contribution >= 0.6 is 11.3 Å². The van der Waals surface area contributed by atoms with Crippen molar-refractivity contribution in [3.63, 3.8) is 0 Å². The Balaban J connectivity index is 1.64. The van der Waals surface area contributed by atoms with Gasteiger partial charge < -0.3 is 0 Å². The first-order chi connectivity index (χ1) is 15.2. The Morgan fingerprint density at radius 1 is 1.06 bits per heavy atom. The van der Waals surface area contributed by atoms with E-state index in [0.29, 0.717) is 23.0 Å². The lowest BCUT2D eigenvalue weighted by Gasteiger charge is -2.03. The van der Waals surface area contributed by atoms with Crippen LogP contribution in [0.15, 0.2) is 88.9 Å². The highest BCUT2D eigenvalue weighted by atomic mass is 32.1. The van der Waals surface area contributed by atoms with Crippen LogP contribution in [0.5, 0.6) is 0 Å². The molecule has 2 aromatic carbocycles. The molecule has 0 fully saturated rings. The van der Waals surface area contributed by atoms with Crippen LogP contribution in [-0.2, 0) is 6.54 Å². The Bertz CT molecular complexity index is 1400. The number of hydrogen-bond donors (Lipinski definition) is 1. The summed E-state index contributed by atoms with van der Waals surface area (Å²) in [5.41, 5.74) is 4.57. The zero-order valence-corrected chi connectivity index (χ0v) is 17.6. The molecule has 1 N–H and O–H groups in total. The van der Waals surface area contributed by atoms with Gasteiger partial charge in [0.25, 0.3) is 5.56 Å². The van der Waals surface area contributed by atoms with Crippen molar-refractivity contribution < 1.29 is 0 Å². The summed E-state index contributed by atoms with van der Waals surface area (Å²) in [5, 5.41) is 3.89. The molecule has 0 spiro atoms. The number of thiazole rings is 1. The molecule has 0 unspecified atom stereocenters. The summed E-state index contributed by atoms with van der Waals surface area (Å²) < 4.78 is 2.55. The number of fused-ring (bicyclic) bond motifs is 1. The first-order valence-corrected chi connectivity index (χ1v) is 10.7. The van der Waals surface area contributed by atoms with Crippen molar-refractivity contribution in [1.29, 1.82) is 0 Å². The van der Waals surface area contributed by atoms with Crippen molar-refractivity contribution in [3.8, 4) is 16.4 Å². The monoisotopic (exact) mass is 425 g/mol. The zero-order valence-electron chi connectivity index (χ0n) is 16.8. The smallest absolute Gasteiger partial charge is 0.283 e. The molecule has 7 heteroatoms. The van der Waals surface area contributed by atoms with Crippen molar-refractivity contribution in [1.82, 2.24) is 19.7 Å². The summed E-state index contributed by atoms with van der Waals surface area (Å²) in [4.78, 5) is 27.0. The predicted molar refractivity (Wildman–Crippen MR) is 125 cm³/mol. The van der Waals surface area contributed by atoms with E-state index in [-0.39, 0.29) is 5.56 Å². The minimum Gasteiger partial charge on any atom is -0.288 e. The molecular weight excluding hydrogens is 406 g/mol. The second kappa shape index (κ2) is 8.12. The van der Waals surface area contributed by atoms with Crippen LogP contribution < -0.4 is 5.56 Å². The van der Waals surface area contributed by atoms with Crippen LogP contribution in [0.3, 0.4) is 0 Å². The van der Waals surface area contributed by atoms with Gasteiger partial charge in [0.15, 0.2) is 0 Å². The van der Waals surface area contributed by atoms with Gasteiger partial charge in [-0.25, -0.2) is 4.98 Å². The van der Waals surface area contributed by atoms with Gasteiger partial charge >= 0.3 is 0 Å². The molecule has 6 nitrogen and oxygen atoms in total. The van der Waals surface area contributed by atoms with E-state index in [1.165, 1.54) is 16.0 Å². The first kappa shape index (κ1) is 19.1. The summed E-state index contributed by atoms with van der Waals surface area (Å²) in [6.07, 6.45) is 3.52. The average molecular weight is 426 g/mol. The number of H-pyrrole nitrogens is 1. The Hall–Kier alpha value is -3.84. The van der Waals surface area contributed by atoms with Gasteiger partial charge in [0, 0.05) is 23.7 Å². The highest BCUT2D eigenvalue weighted by Gasteiger charge is 2.20. The summed E-state index contributed by atoms with van der Waals surface area (Å²) >= 11 is 1.48. The predicted octanol–water partition coefficient (Wildman–Crippen LogP) is 4.85. The molecule has 0 aliphatic carbocycles. The van der Waals surface area contributed by atoms with Gasteiger partial charge in [-0.2, -0.15) is 4.68 Å².